The number of nitriles is 1. The van der Waals surface area contributed by atoms with Crippen molar-refractivity contribution < 1.29 is 19.4 Å². The fourth-order valence-electron chi connectivity index (χ4n) is 2.20. The summed E-state index contributed by atoms with van der Waals surface area (Å²) in [5.41, 5.74) is 0.753. The van der Waals surface area contributed by atoms with Crippen LogP contribution in [0.4, 0.5) is 5.69 Å². The summed E-state index contributed by atoms with van der Waals surface area (Å²) in [6.07, 6.45) is 1.36. The van der Waals surface area contributed by atoms with E-state index in [9.17, 15) is 15.2 Å². The number of halogens is 1. The van der Waals surface area contributed by atoms with Crippen molar-refractivity contribution in [1.82, 2.24) is 0 Å². The quantitative estimate of drug-likeness (QED) is 0.590. The van der Waals surface area contributed by atoms with Gasteiger partial charge in [0.25, 0.3) is 5.91 Å². The van der Waals surface area contributed by atoms with Gasteiger partial charge in [-0.2, -0.15) is 5.26 Å². The topological polar surface area (TPSA) is 91.6 Å². The Kier molecular flexibility index (Phi) is 6.48. The fourth-order valence-corrected chi connectivity index (χ4v) is 2.41. The number of amides is 1. The molecule has 0 spiro atoms. The Balaban J connectivity index is 2.33. The van der Waals surface area contributed by atoms with Crippen LogP contribution in [0.1, 0.15) is 12.5 Å². The van der Waals surface area contributed by atoms with Gasteiger partial charge in [0, 0.05) is 0 Å². The van der Waals surface area contributed by atoms with E-state index in [0.29, 0.717) is 23.6 Å². The molecule has 0 saturated carbocycles. The Hall–Kier alpha value is -3.17. The van der Waals surface area contributed by atoms with Gasteiger partial charge in [-0.15, -0.1) is 0 Å². The third-order valence-electron chi connectivity index (χ3n) is 3.38. The molecule has 0 atom stereocenters. The number of carbonyl (C=O) groups is 1. The third kappa shape index (κ3) is 4.47. The molecule has 0 aliphatic carbocycles. The minimum absolute atomic E-state index is 0.0598. The first kappa shape index (κ1) is 19.2. The van der Waals surface area contributed by atoms with Gasteiger partial charge in [0.05, 0.1) is 24.4 Å². The number of para-hydroxylation sites is 2. The molecule has 0 fully saturated rings. The Morgan fingerprint density at radius 3 is 2.73 bits per heavy atom. The summed E-state index contributed by atoms with van der Waals surface area (Å²) in [5, 5.41) is 21.9. The number of phenols is 1. The van der Waals surface area contributed by atoms with Crippen LogP contribution in [0.5, 0.6) is 17.2 Å². The number of nitrogens with one attached hydrogen (secondary N) is 1. The number of nitrogens with zero attached hydrogens (tertiary/aromatic N) is 1. The zero-order valence-electron chi connectivity index (χ0n) is 14.2. The predicted molar refractivity (Wildman–Crippen MR) is 99.5 cm³/mol. The van der Waals surface area contributed by atoms with Crippen LogP contribution in [0, 0.1) is 11.3 Å². The maximum atomic E-state index is 12.4. The van der Waals surface area contributed by atoms with E-state index in [0.717, 1.165) is 0 Å². The van der Waals surface area contributed by atoms with Gasteiger partial charge in [-0.1, -0.05) is 23.7 Å². The summed E-state index contributed by atoms with van der Waals surface area (Å²) < 4.78 is 10.5. The van der Waals surface area contributed by atoms with Crippen LogP contribution in [0.15, 0.2) is 42.0 Å². The number of hydrogen-bond donors (Lipinski definition) is 2. The van der Waals surface area contributed by atoms with E-state index in [1.54, 1.807) is 31.2 Å². The van der Waals surface area contributed by atoms with Gasteiger partial charge in [0.1, 0.15) is 17.4 Å². The highest BCUT2D eigenvalue weighted by Crippen LogP contribution is 2.36. The second-order valence-corrected chi connectivity index (χ2v) is 5.51. The van der Waals surface area contributed by atoms with E-state index in [-0.39, 0.29) is 22.1 Å². The van der Waals surface area contributed by atoms with Crippen LogP contribution >= 0.6 is 11.6 Å². The number of rotatable bonds is 6. The van der Waals surface area contributed by atoms with Crippen LogP contribution in [-0.4, -0.2) is 24.7 Å². The summed E-state index contributed by atoms with van der Waals surface area (Å²) in [5.74, 6) is -0.139. The summed E-state index contributed by atoms with van der Waals surface area (Å²) in [6.45, 7) is 2.09. The molecule has 2 aromatic rings. The van der Waals surface area contributed by atoms with Crippen molar-refractivity contribution in [1.29, 1.82) is 5.26 Å². The second kappa shape index (κ2) is 8.79. The molecule has 1 amide bonds. The molecule has 134 valence electrons. The van der Waals surface area contributed by atoms with E-state index in [1.165, 1.54) is 25.3 Å². The largest absolute Gasteiger partial charge is 0.503 e. The first-order valence-corrected chi connectivity index (χ1v) is 8.09. The van der Waals surface area contributed by atoms with E-state index in [4.69, 9.17) is 21.1 Å². The summed E-state index contributed by atoms with van der Waals surface area (Å²) in [4.78, 5) is 12.4. The standard InChI is InChI=1S/C19H17ClN2O4/c1-3-26-17-10-12(9-14(20)18(17)23)8-13(11-21)19(24)22-15-6-4-5-7-16(15)25-2/h4-10,23H,3H2,1-2H3,(H,22,24)/b13-8+. The number of ether oxygens (including phenoxy) is 2. The molecule has 26 heavy (non-hydrogen) atoms. The highest BCUT2D eigenvalue weighted by molar-refractivity contribution is 6.32. The van der Waals surface area contributed by atoms with Gasteiger partial charge in [0.2, 0.25) is 0 Å². The van der Waals surface area contributed by atoms with Crippen molar-refractivity contribution in [3.8, 4) is 23.3 Å². The number of benzene rings is 2. The van der Waals surface area contributed by atoms with Crippen molar-refractivity contribution in [2.75, 3.05) is 19.0 Å². The average Bonchev–Trinajstić information content (AvgIpc) is 2.64. The molecular weight excluding hydrogens is 356 g/mol. The summed E-state index contributed by atoms with van der Waals surface area (Å²) in [7, 11) is 1.49. The SMILES string of the molecule is CCOc1cc(/C=C(\C#N)C(=O)Nc2ccccc2OC)cc(Cl)c1O. The molecule has 0 heterocycles. The number of phenolic OH excluding ortho intramolecular Hbond substituents is 1. The average molecular weight is 373 g/mol. The van der Waals surface area contributed by atoms with Gasteiger partial charge in [-0.3, -0.25) is 4.79 Å². The summed E-state index contributed by atoms with van der Waals surface area (Å²) in [6, 6.07) is 11.7. The van der Waals surface area contributed by atoms with Crippen molar-refractivity contribution in [2.45, 2.75) is 6.92 Å². The third-order valence-corrected chi connectivity index (χ3v) is 3.67. The first-order chi connectivity index (χ1) is 12.5. The zero-order valence-corrected chi connectivity index (χ0v) is 15.0. The molecule has 2 rings (SSSR count). The van der Waals surface area contributed by atoms with Crippen molar-refractivity contribution in [3.05, 3.63) is 52.6 Å². The molecule has 0 aliphatic rings. The second-order valence-electron chi connectivity index (χ2n) is 5.11. The maximum absolute atomic E-state index is 12.4. The molecule has 0 aliphatic heterocycles. The molecule has 2 N–H and O–H groups in total. The lowest BCUT2D eigenvalue weighted by Crippen LogP contribution is -2.14. The molecule has 0 bridgehead atoms. The predicted octanol–water partition coefficient (Wildman–Crippen LogP) is 4.00. The molecule has 6 nitrogen and oxygen atoms in total. The summed E-state index contributed by atoms with van der Waals surface area (Å²) >= 11 is 5.97. The van der Waals surface area contributed by atoms with Crippen LogP contribution in [0.3, 0.4) is 0 Å². The number of aromatic hydroxyl groups is 1. The molecule has 0 aromatic heterocycles. The molecule has 2 aromatic carbocycles. The lowest BCUT2D eigenvalue weighted by molar-refractivity contribution is -0.112. The lowest BCUT2D eigenvalue weighted by Gasteiger charge is -2.10. The van der Waals surface area contributed by atoms with Crippen LogP contribution < -0.4 is 14.8 Å². The minimum Gasteiger partial charge on any atom is -0.503 e. The molecule has 0 radical (unpaired) electrons. The molecular formula is C19H17ClN2O4. The molecule has 7 heteroatoms. The number of methoxy groups -OCH3 is 1. The van der Waals surface area contributed by atoms with E-state index in [1.807, 2.05) is 6.07 Å². The van der Waals surface area contributed by atoms with Gasteiger partial charge in [-0.05, 0) is 42.8 Å². The monoisotopic (exact) mass is 372 g/mol. The van der Waals surface area contributed by atoms with Gasteiger partial charge >= 0.3 is 0 Å². The number of anilines is 1. The molecule has 0 saturated heterocycles. The fraction of sp³-hybridized carbons (Fsp3) is 0.158. The van der Waals surface area contributed by atoms with E-state index in [2.05, 4.69) is 5.32 Å². The Morgan fingerprint density at radius 2 is 2.08 bits per heavy atom. The normalized spacial score (nSPS) is 10.8. The zero-order chi connectivity index (χ0) is 19.1. The Labute approximate surface area is 156 Å². The minimum atomic E-state index is -0.598. The lowest BCUT2D eigenvalue weighted by atomic mass is 10.1. The Morgan fingerprint density at radius 1 is 1.35 bits per heavy atom. The highest BCUT2D eigenvalue weighted by Gasteiger charge is 2.14. The van der Waals surface area contributed by atoms with E-state index < -0.39 is 5.91 Å². The Bertz CT molecular complexity index is 888. The van der Waals surface area contributed by atoms with Gasteiger partial charge < -0.3 is 19.9 Å². The molecule has 0 unspecified atom stereocenters. The number of hydrogen-bond acceptors (Lipinski definition) is 5. The van der Waals surface area contributed by atoms with Crippen LogP contribution in [-0.2, 0) is 4.79 Å². The van der Waals surface area contributed by atoms with Gasteiger partial charge in [0.15, 0.2) is 11.5 Å². The van der Waals surface area contributed by atoms with Crippen molar-refractivity contribution in [3.63, 3.8) is 0 Å². The maximum Gasteiger partial charge on any atom is 0.266 e. The van der Waals surface area contributed by atoms with Gasteiger partial charge in [-0.25, -0.2) is 0 Å². The van der Waals surface area contributed by atoms with Crippen LogP contribution in [0.25, 0.3) is 6.08 Å². The van der Waals surface area contributed by atoms with E-state index >= 15 is 0 Å². The first-order valence-electron chi connectivity index (χ1n) is 7.71. The highest BCUT2D eigenvalue weighted by atomic mass is 35.5. The van der Waals surface area contributed by atoms with Crippen LogP contribution in [0.2, 0.25) is 5.02 Å². The smallest absolute Gasteiger partial charge is 0.266 e. The van der Waals surface area contributed by atoms with Crippen molar-refractivity contribution >= 4 is 29.3 Å². The number of carbonyl (C=O) groups excluding carboxylic acids is 1. The van der Waals surface area contributed by atoms with Crippen molar-refractivity contribution in [2.24, 2.45) is 0 Å².